The van der Waals surface area contributed by atoms with Crippen LogP contribution < -0.4 is 0 Å². The van der Waals surface area contributed by atoms with Crippen molar-refractivity contribution < 1.29 is 0 Å². The number of nitrogens with zero attached hydrogens (tertiary/aromatic N) is 2. The van der Waals surface area contributed by atoms with Gasteiger partial charge in [0, 0.05) is 36.1 Å². The van der Waals surface area contributed by atoms with E-state index in [4.69, 9.17) is 0 Å². The van der Waals surface area contributed by atoms with Crippen LogP contribution >= 0.6 is 22.6 Å². The van der Waals surface area contributed by atoms with Gasteiger partial charge in [-0.3, -0.25) is 4.90 Å². The van der Waals surface area contributed by atoms with Crippen molar-refractivity contribution in [3.63, 3.8) is 0 Å². The highest BCUT2D eigenvalue weighted by atomic mass is 127. The monoisotopic (exact) mass is 280 g/mol. The van der Waals surface area contributed by atoms with Crippen LogP contribution in [0.2, 0.25) is 0 Å². The van der Waals surface area contributed by atoms with Gasteiger partial charge in [-0.2, -0.15) is 0 Å². The van der Waals surface area contributed by atoms with Crippen molar-refractivity contribution in [2.45, 2.75) is 22.8 Å². The third-order valence-electron chi connectivity index (χ3n) is 3.11. The molecular weight excluding hydrogens is 263 g/mol. The summed E-state index contributed by atoms with van der Waals surface area (Å²) >= 11 is 2.57. The molecule has 0 aromatic carbocycles. The number of likely N-dealkylation sites (N-methyl/N-ethyl adjacent to an activating group) is 1. The first-order valence-corrected chi connectivity index (χ1v) is 6.07. The van der Waals surface area contributed by atoms with Gasteiger partial charge in [0.25, 0.3) is 0 Å². The van der Waals surface area contributed by atoms with Crippen LogP contribution in [0.4, 0.5) is 0 Å². The van der Waals surface area contributed by atoms with Crippen LogP contribution in [0.1, 0.15) is 12.8 Å². The van der Waals surface area contributed by atoms with Crippen molar-refractivity contribution in [1.82, 2.24) is 9.80 Å². The average molecular weight is 280 g/mol. The van der Waals surface area contributed by atoms with Crippen LogP contribution in [-0.4, -0.2) is 53.0 Å². The number of hydrogen-bond donors (Lipinski definition) is 0. The minimum absolute atomic E-state index is 0.931. The van der Waals surface area contributed by atoms with Gasteiger partial charge in [-0.15, -0.1) is 0 Å². The van der Waals surface area contributed by atoms with Gasteiger partial charge in [0.2, 0.25) is 0 Å². The van der Waals surface area contributed by atoms with E-state index in [1.807, 2.05) is 0 Å². The topological polar surface area (TPSA) is 6.48 Å². The highest BCUT2D eigenvalue weighted by Gasteiger charge is 2.32. The van der Waals surface area contributed by atoms with E-state index < -0.39 is 0 Å². The van der Waals surface area contributed by atoms with Crippen LogP contribution in [0.3, 0.4) is 0 Å². The van der Waals surface area contributed by atoms with Crippen LogP contribution in [-0.2, 0) is 0 Å². The van der Waals surface area contributed by atoms with E-state index in [0.29, 0.717) is 0 Å². The van der Waals surface area contributed by atoms with Crippen LogP contribution in [0.5, 0.6) is 0 Å². The van der Waals surface area contributed by atoms with Gasteiger partial charge in [0.05, 0.1) is 0 Å². The van der Waals surface area contributed by atoms with Crippen LogP contribution in [0.25, 0.3) is 0 Å². The highest BCUT2D eigenvalue weighted by molar-refractivity contribution is 14.1. The van der Waals surface area contributed by atoms with Crippen molar-refractivity contribution in [3.8, 4) is 0 Å². The third-order valence-corrected chi connectivity index (χ3v) is 4.13. The standard InChI is InChI=1S/C9H17IN2/c1-11-2-4-12(5-3-11)9-6-8(10)7-9/h8-9H,2-7H2,1H3. The van der Waals surface area contributed by atoms with Crippen LogP contribution in [0, 0.1) is 0 Å². The average Bonchev–Trinajstić information content (AvgIpc) is 2.01. The summed E-state index contributed by atoms with van der Waals surface area (Å²) in [6.45, 7) is 5.12. The Balaban J connectivity index is 1.75. The number of alkyl halides is 1. The van der Waals surface area contributed by atoms with Gasteiger partial charge in [0.15, 0.2) is 0 Å². The zero-order chi connectivity index (χ0) is 8.55. The molecule has 1 saturated carbocycles. The molecule has 1 heterocycles. The molecule has 0 atom stereocenters. The van der Waals surface area contributed by atoms with Gasteiger partial charge < -0.3 is 4.90 Å². The molecule has 1 aliphatic heterocycles. The van der Waals surface area contributed by atoms with Crippen LogP contribution in [0.15, 0.2) is 0 Å². The number of hydrogen-bond acceptors (Lipinski definition) is 2. The van der Waals surface area contributed by atoms with Crippen molar-refractivity contribution in [2.24, 2.45) is 0 Å². The summed E-state index contributed by atoms with van der Waals surface area (Å²) in [5, 5.41) is 0. The fourth-order valence-corrected chi connectivity index (χ4v) is 3.18. The van der Waals surface area contributed by atoms with Gasteiger partial charge in [-0.25, -0.2) is 0 Å². The summed E-state index contributed by atoms with van der Waals surface area (Å²) in [7, 11) is 2.22. The van der Waals surface area contributed by atoms with Gasteiger partial charge in [-0.05, 0) is 19.9 Å². The van der Waals surface area contributed by atoms with Crippen molar-refractivity contribution in [2.75, 3.05) is 33.2 Å². The molecule has 0 unspecified atom stereocenters. The maximum atomic E-state index is 2.68. The molecule has 0 spiro atoms. The highest BCUT2D eigenvalue weighted by Crippen LogP contribution is 2.32. The lowest BCUT2D eigenvalue weighted by atomic mass is 9.91. The molecular formula is C9H17IN2. The summed E-state index contributed by atoms with van der Waals surface area (Å²) in [6, 6.07) is 0.931. The summed E-state index contributed by atoms with van der Waals surface area (Å²) in [5.74, 6) is 0. The molecule has 2 fully saturated rings. The van der Waals surface area contributed by atoms with E-state index in [1.54, 1.807) is 0 Å². The van der Waals surface area contributed by atoms with E-state index in [9.17, 15) is 0 Å². The minimum Gasteiger partial charge on any atom is -0.304 e. The summed E-state index contributed by atoms with van der Waals surface area (Å²) in [5.41, 5.74) is 0. The molecule has 0 amide bonds. The molecule has 0 N–H and O–H groups in total. The second kappa shape index (κ2) is 3.80. The summed E-state index contributed by atoms with van der Waals surface area (Å²) in [4.78, 5) is 5.10. The lowest BCUT2D eigenvalue weighted by Gasteiger charge is -2.44. The largest absolute Gasteiger partial charge is 0.304 e. The molecule has 0 aromatic heterocycles. The molecule has 1 aliphatic carbocycles. The van der Waals surface area contributed by atoms with Crippen molar-refractivity contribution in [3.05, 3.63) is 0 Å². The Kier molecular flexibility index (Phi) is 2.92. The summed E-state index contributed by atoms with van der Waals surface area (Å²) in [6.07, 6.45) is 2.87. The lowest BCUT2D eigenvalue weighted by Crippen LogP contribution is -2.53. The zero-order valence-corrected chi connectivity index (χ0v) is 9.83. The third kappa shape index (κ3) is 1.93. The van der Waals surface area contributed by atoms with Crippen molar-refractivity contribution in [1.29, 1.82) is 0 Å². The second-order valence-electron chi connectivity index (χ2n) is 4.06. The van der Waals surface area contributed by atoms with Gasteiger partial charge in [0.1, 0.15) is 0 Å². The quantitative estimate of drug-likeness (QED) is 0.526. The molecule has 2 nitrogen and oxygen atoms in total. The molecule has 3 heteroatoms. The predicted molar refractivity (Wildman–Crippen MR) is 59.9 cm³/mol. The first kappa shape index (κ1) is 9.21. The van der Waals surface area contributed by atoms with E-state index in [2.05, 4.69) is 39.4 Å². The number of halogens is 1. The maximum absolute atomic E-state index is 2.68. The lowest BCUT2D eigenvalue weighted by molar-refractivity contribution is 0.0775. The first-order chi connectivity index (χ1) is 5.75. The molecule has 0 bridgehead atoms. The fourth-order valence-electron chi connectivity index (χ4n) is 2.01. The SMILES string of the molecule is CN1CCN(C2CC(I)C2)CC1. The van der Waals surface area contributed by atoms with Crippen molar-refractivity contribution >= 4 is 22.6 Å². The molecule has 0 radical (unpaired) electrons. The smallest absolute Gasteiger partial charge is 0.0139 e. The Labute approximate surface area is 88.4 Å². The normalized spacial score (nSPS) is 39.5. The van der Waals surface area contributed by atoms with Gasteiger partial charge >= 0.3 is 0 Å². The molecule has 1 saturated heterocycles. The molecule has 0 aromatic rings. The van der Waals surface area contributed by atoms with E-state index in [-0.39, 0.29) is 0 Å². The fraction of sp³-hybridized carbons (Fsp3) is 1.00. The second-order valence-corrected chi connectivity index (χ2v) is 5.82. The number of rotatable bonds is 1. The Morgan fingerprint density at radius 3 is 2.17 bits per heavy atom. The Morgan fingerprint density at radius 2 is 1.67 bits per heavy atom. The Bertz CT molecular complexity index is 149. The Hall–Kier alpha value is 0.650. The van der Waals surface area contributed by atoms with Gasteiger partial charge in [-0.1, -0.05) is 22.6 Å². The predicted octanol–water partition coefficient (Wildman–Crippen LogP) is 1.20. The molecule has 12 heavy (non-hydrogen) atoms. The zero-order valence-electron chi connectivity index (χ0n) is 7.67. The van der Waals surface area contributed by atoms with E-state index in [1.165, 1.54) is 39.0 Å². The van der Waals surface area contributed by atoms with E-state index in [0.717, 1.165) is 9.97 Å². The molecule has 2 rings (SSSR count). The Morgan fingerprint density at radius 1 is 1.08 bits per heavy atom. The summed E-state index contributed by atoms with van der Waals surface area (Å²) < 4.78 is 0.965. The molecule has 2 aliphatic rings. The maximum Gasteiger partial charge on any atom is 0.0139 e. The number of piperazine rings is 1. The minimum atomic E-state index is 0.931. The first-order valence-electron chi connectivity index (χ1n) is 4.82. The van der Waals surface area contributed by atoms with E-state index >= 15 is 0 Å². The molecule has 70 valence electrons.